The number of nitro groups is 4. The smallest absolute Gasteiger partial charge is 0.258 e. The van der Waals surface area contributed by atoms with Crippen molar-refractivity contribution in [2.75, 3.05) is 0 Å². The summed E-state index contributed by atoms with van der Waals surface area (Å²) in [4.78, 5) is 55.5. The largest absolute Gasteiger partial charge is 0.287 e. The van der Waals surface area contributed by atoms with Crippen molar-refractivity contribution in [3.05, 3.63) is 114 Å². The molecule has 0 aliphatic heterocycles. The molecule has 0 saturated heterocycles. The van der Waals surface area contributed by atoms with Gasteiger partial charge in [0.2, 0.25) is 0 Å². The third-order valence-corrected chi connectivity index (χ3v) is 8.52. The zero-order chi connectivity index (χ0) is 29.1. The molecule has 0 aromatic carbocycles. The molecule has 4 rings (SSSR count). The Balaban J connectivity index is 0.000000220. The van der Waals surface area contributed by atoms with Crippen LogP contribution in [-0.2, 0) is 0 Å². The van der Waals surface area contributed by atoms with E-state index in [1.807, 2.05) is 0 Å². The maximum atomic E-state index is 10.5. The molecule has 204 valence electrons. The van der Waals surface area contributed by atoms with Gasteiger partial charge in [0, 0.05) is 24.3 Å². The molecule has 4 heterocycles. The van der Waals surface area contributed by atoms with E-state index in [0.29, 0.717) is 20.1 Å². The van der Waals surface area contributed by atoms with Gasteiger partial charge in [-0.3, -0.25) is 40.5 Å². The Morgan fingerprint density at radius 3 is 0.725 bits per heavy atom. The van der Waals surface area contributed by atoms with Gasteiger partial charge in [-0.2, -0.15) is 0 Å². The lowest BCUT2D eigenvalue weighted by Gasteiger charge is -1.99. The summed E-state index contributed by atoms with van der Waals surface area (Å²) < 4.78 is 0. The maximum Gasteiger partial charge on any atom is 0.287 e. The predicted octanol–water partition coefficient (Wildman–Crippen LogP) is 6.18. The van der Waals surface area contributed by atoms with Gasteiger partial charge < -0.3 is 0 Å². The molecule has 0 radical (unpaired) electrons. The fourth-order valence-corrected chi connectivity index (χ4v) is 5.72. The molecule has 0 atom stereocenters. The van der Waals surface area contributed by atoms with Crippen LogP contribution in [-0.4, -0.2) is 39.6 Å². The summed E-state index contributed by atoms with van der Waals surface area (Å²) in [5.41, 5.74) is -0.304. The van der Waals surface area contributed by atoms with Crippen LogP contribution in [0.4, 0.5) is 22.7 Å². The van der Waals surface area contributed by atoms with Crippen LogP contribution < -0.4 is 0 Å². The Hall–Kier alpha value is -4.40. The summed E-state index contributed by atoms with van der Waals surface area (Å²) in [5, 5.41) is 44.2. The van der Waals surface area contributed by atoms with E-state index in [2.05, 4.69) is 19.9 Å². The molecule has 0 aliphatic rings. The molecule has 16 nitrogen and oxygen atoms in total. The number of aromatic nitrogens is 4. The van der Waals surface area contributed by atoms with Gasteiger partial charge in [0.15, 0.2) is 0 Å². The second-order valence-electron chi connectivity index (χ2n) is 6.78. The maximum absolute atomic E-state index is 10.5. The molecule has 0 saturated carbocycles. The summed E-state index contributed by atoms with van der Waals surface area (Å²) in [5.74, 6) is 0. The first-order chi connectivity index (χ1) is 19.1. The Labute approximate surface area is 238 Å². The number of hydrogen-bond acceptors (Lipinski definition) is 16. The number of hydrogen-bond donors (Lipinski definition) is 0. The fraction of sp³-hybridized carbons (Fsp3) is 0. The summed E-state index contributed by atoms with van der Waals surface area (Å²) in [6.45, 7) is 0. The van der Waals surface area contributed by atoms with Crippen LogP contribution in [0.3, 0.4) is 0 Å². The Bertz CT molecular complexity index is 1270. The van der Waals surface area contributed by atoms with Crippen LogP contribution in [0.2, 0.25) is 0 Å². The number of pyridine rings is 4. The highest BCUT2D eigenvalue weighted by molar-refractivity contribution is 8.77. The van der Waals surface area contributed by atoms with Crippen LogP contribution in [0.15, 0.2) is 93.4 Å². The van der Waals surface area contributed by atoms with Crippen LogP contribution >= 0.6 is 43.2 Å². The SMILES string of the molecule is O=[N+]([O-])c1ccc(SSc2ccc([N+](=O)[O-])cn2)nc1.O=[N+]([O-])c1ccc(SSc2ccc([N+](=O)[O-])cn2)nc1. The molecule has 40 heavy (non-hydrogen) atoms. The van der Waals surface area contributed by atoms with Gasteiger partial charge in [-0.25, -0.2) is 19.9 Å². The Morgan fingerprint density at radius 2 is 0.600 bits per heavy atom. The fourth-order valence-electron chi connectivity index (χ4n) is 2.29. The first-order valence-electron chi connectivity index (χ1n) is 10.2. The molecule has 0 spiro atoms. The van der Waals surface area contributed by atoms with Crippen LogP contribution in [0.1, 0.15) is 0 Å². The van der Waals surface area contributed by atoms with E-state index in [9.17, 15) is 40.5 Å². The van der Waals surface area contributed by atoms with E-state index in [4.69, 9.17) is 0 Å². The topological polar surface area (TPSA) is 224 Å². The Morgan fingerprint density at radius 1 is 0.400 bits per heavy atom. The van der Waals surface area contributed by atoms with Gasteiger partial charge in [0.25, 0.3) is 22.7 Å². The van der Waals surface area contributed by atoms with Crippen LogP contribution in [0.25, 0.3) is 0 Å². The molecule has 0 amide bonds. The third kappa shape index (κ3) is 9.41. The molecular weight excluding hydrogens is 609 g/mol. The highest BCUT2D eigenvalue weighted by Crippen LogP contribution is 2.36. The highest BCUT2D eigenvalue weighted by atomic mass is 33.1. The summed E-state index contributed by atoms with van der Waals surface area (Å²) in [6, 6.07) is 11.6. The lowest BCUT2D eigenvalue weighted by Crippen LogP contribution is -1.89. The van der Waals surface area contributed by atoms with E-state index in [1.54, 1.807) is 0 Å². The average molecular weight is 621 g/mol. The standard InChI is InChI=1S/2C10H6N4O4S2/c2*15-13(16)7-1-3-9(11-5-7)19-20-10-4-2-8(6-12-10)14(17)18/h2*1-6H. The monoisotopic (exact) mass is 620 g/mol. The lowest BCUT2D eigenvalue weighted by molar-refractivity contribution is -0.385. The molecule has 20 heteroatoms. The van der Waals surface area contributed by atoms with Crippen molar-refractivity contribution >= 4 is 65.9 Å². The summed E-state index contributed by atoms with van der Waals surface area (Å²) in [6.07, 6.45) is 4.69. The Kier molecular flexibility index (Phi) is 11.1. The quantitative estimate of drug-likeness (QED) is 0.109. The molecule has 4 aromatic heterocycles. The van der Waals surface area contributed by atoms with Crippen molar-refractivity contribution in [3.8, 4) is 0 Å². The van der Waals surface area contributed by atoms with Gasteiger partial charge in [-0.15, -0.1) is 0 Å². The molecule has 0 aliphatic carbocycles. The van der Waals surface area contributed by atoms with Gasteiger partial charge in [0.1, 0.15) is 44.9 Å². The van der Waals surface area contributed by atoms with E-state index >= 15 is 0 Å². The van der Waals surface area contributed by atoms with Crippen molar-refractivity contribution in [2.45, 2.75) is 20.1 Å². The summed E-state index contributed by atoms with van der Waals surface area (Å²) >= 11 is 0. The van der Waals surface area contributed by atoms with E-state index in [0.717, 1.165) is 0 Å². The highest BCUT2D eigenvalue weighted by Gasteiger charge is 2.10. The van der Waals surface area contributed by atoms with Gasteiger partial charge in [-0.05, 0) is 67.4 Å². The number of nitrogens with zero attached hydrogens (tertiary/aromatic N) is 8. The van der Waals surface area contributed by atoms with E-state index < -0.39 is 19.7 Å². The van der Waals surface area contributed by atoms with Gasteiger partial charge in [0.05, 0.1) is 19.7 Å². The number of rotatable bonds is 10. The van der Waals surface area contributed by atoms with Crippen molar-refractivity contribution in [2.24, 2.45) is 0 Å². The van der Waals surface area contributed by atoms with E-state index in [-0.39, 0.29) is 22.7 Å². The zero-order valence-corrected chi connectivity index (χ0v) is 22.7. The third-order valence-electron chi connectivity index (χ3n) is 4.15. The predicted molar refractivity (Wildman–Crippen MR) is 147 cm³/mol. The molecule has 0 fully saturated rings. The van der Waals surface area contributed by atoms with Gasteiger partial charge >= 0.3 is 0 Å². The minimum Gasteiger partial charge on any atom is -0.258 e. The molecule has 0 unspecified atom stereocenters. The molecule has 0 bridgehead atoms. The second-order valence-corrected chi connectivity index (χ2v) is 11.1. The van der Waals surface area contributed by atoms with Crippen molar-refractivity contribution in [1.29, 1.82) is 0 Å². The van der Waals surface area contributed by atoms with Crippen LogP contribution in [0.5, 0.6) is 0 Å². The first kappa shape index (κ1) is 30.1. The minimum atomic E-state index is -0.521. The summed E-state index contributed by atoms with van der Waals surface area (Å²) in [7, 11) is 5.04. The minimum absolute atomic E-state index is 0.0761. The zero-order valence-electron chi connectivity index (χ0n) is 19.4. The first-order valence-corrected chi connectivity index (χ1v) is 14.5. The van der Waals surface area contributed by atoms with Crippen molar-refractivity contribution in [1.82, 2.24) is 19.9 Å². The van der Waals surface area contributed by atoms with Gasteiger partial charge in [-0.1, -0.05) is 0 Å². The molecular formula is C20H12N8O8S4. The molecule has 0 N–H and O–H groups in total. The van der Waals surface area contributed by atoms with E-state index in [1.165, 1.54) is 116 Å². The van der Waals surface area contributed by atoms with Crippen molar-refractivity contribution in [3.63, 3.8) is 0 Å². The second kappa shape index (κ2) is 14.7. The average Bonchev–Trinajstić information content (AvgIpc) is 2.96. The molecule has 4 aromatic rings. The normalized spacial score (nSPS) is 10.2. The van der Waals surface area contributed by atoms with Crippen LogP contribution in [0, 0.1) is 40.5 Å². The van der Waals surface area contributed by atoms with Crippen molar-refractivity contribution < 1.29 is 19.7 Å². The lowest BCUT2D eigenvalue weighted by atomic mass is 10.4.